The van der Waals surface area contributed by atoms with Crippen LogP contribution in [-0.4, -0.2) is 41.9 Å². The summed E-state index contributed by atoms with van der Waals surface area (Å²) < 4.78 is 19.9. The summed E-state index contributed by atoms with van der Waals surface area (Å²) in [5, 5.41) is 4.69. The van der Waals surface area contributed by atoms with Crippen LogP contribution in [-0.2, 0) is 0 Å². The van der Waals surface area contributed by atoms with Crippen LogP contribution in [0, 0.1) is 5.92 Å². The van der Waals surface area contributed by atoms with E-state index in [0.717, 1.165) is 0 Å². The Labute approximate surface area is 184 Å². The summed E-state index contributed by atoms with van der Waals surface area (Å²) in [6, 6.07) is 2.11. The standard InChI is InChI=1S/C23H33N5O3/c1-14(2)15(3)29-18-12-17(27-28-11-10-24-19(18)28)16-13-25-21(31-23(7,8)9)26-20(16)30-22(4,5)6/h10-15H,1-9H3. The molecule has 0 aliphatic carbocycles. The van der Waals surface area contributed by atoms with Crippen molar-refractivity contribution >= 4 is 5.65 Å². The van der Waals surface area contributed by atoms with Crippen molar-refractivity contribution in [3.05, 3.63) is 24.7 Å². The molecule has 8 nitrogen and oxygen atoms in total. The van der Waals surface area contributed by atoms with E-state index in [9.17, 15) is 0 Å². The smallest absolute Gasteiger partial charge is 0.320 e. The predicted molar refractivity (Wildman–Crippen MR) is 120 cm³/mol. The second-order valence-corrected chi connectivity index (χ2v) is 9.96. The lowest BCUT2D eigenvalue weighted by Gasteiger charge is -2.24. The number of aromatic nitrogens is 5. The van der Waals surface area contributed by atoms with Gasteiger partial charge in [0.05, 0.1) is 11.7 Å². The normalized spacial score (nSPS) is 13.5. The molecule has 0 saturated carbocycles. The number of rotatable bonds is 6. The van der Waals surface area contributed by atoms with Gasteiger partial charge in [-0.25, -0.2) is 14.5 Å². The van der Waals surface area contributed by atoms with Gasteiger partial charge in [0.25, 0.3) is 0 Å². The molecule has 0 N–H and O–H groups in total. The lowest BCUT2D eigenvalue weighted by Crippen LogP contribution is -2.26. The van der Waals surface area contributed by atoms with Gasteiger partial charge in [0, 0.05) is 24.7 Å². The second-order valence-electron chi connectivity index (χ2n) is 9.96. The topological polar surface area (TPSA) is 83.7 Å². The van der Waals surface area contributed by atoms with E-state index >= 15 is 0 Å². The van der Waals surface area contributed by atoms with E-state index in [1.165, 1.54) is 0 Å². The number of hydrogen-bond acceptors (Lipinski definition) is 7. The van der Waals surface area contributed by atoms with Gasteiger partial charge in [-0.05, 0) is 54.4 Å². The van der Waals surface area contributed by atoms with Gasteiger partial charge in [0.15, 0.2) is 11.4 Å². The first-order chi connectivity index (χ1) is 14.3. The second kappa shape index (κ2) is 8.32. The van der Waals surface area contributed by atoms with Crippen molar-refractivity contribution in [1.29, 1.82) is 0 Å². The van der Waals surface area contributed by atoms with Gasteiger partial charge in [-0.2, -0.15) is 10.1 Å². The molecule has 0 aliphatic heterocycles. The zero-order valence-corrected chi connectivity index (χ0v) is 19.9. The first-order valence-electron chi connectivity index (χ1n) is 10.6. The maximum Gasteiger partial charge on any atom is 0.320 e. The van der Waals surface area contributed by atoms with Crippen molar-refractivity contribution in [2.24, 2.45) is 5.92 Å². The van der Waals surface area contributed by atoms with Crippen LogP contribution in [0.5, 0.6) is 17.6 Å². The molecule has 0 aliphatic rings. The van der Waals surface area contributed by atoms with Crippen LogP contribution < -0.4 is 14.2 Å². The molecule has 0 spiro atoms. The van der Waals surface area contributed by atoms with E-state index in [4.69, 9.17) is 14.2 Å². The summed E-state index contributed by atoms with van der Waals surface area (Å²) in [5.74, 6) is 1.40. The minimum absolute atomic E-state index is 0.0138. The van der Waals surface area contributed by atoms with Gasteiger partial charge < -0.3 is 14.2 Å². The van der Waals surface area contributed by atoms with E-state index in [1.807, 2.05) is 54.5 Å². The number of imidazole rings is 1. The van der Waals surface area contributed by atoms with Crippen molar-refractivity contribution in [3.63, 3.8) is 0 Å². The monoisotopic (exact) mass is 427 g/mol. The van der Waals surface area contributed by atoms with Crippen LogP contribution in [0.1, 0.15) is 62.3 Å². The Kier molecular flexibility index (Phi) is 6.11. The highest BCUT2D eigenvalue weighted by atomic mass is 16.5. The average Bonchev–Trinajstić information content (AvgIpc) is 3.07. The molecule has 0 radical (unpaired) electrons. The van der Waals surface area contributed by atoms with Crippen LogP contribution >= 0.6 is 0 Å². The summed E-state index contributed by atoms with van der Waals surface area (Å²) in [7, 11) is 0. The highest BCUT2D eigenvalue weighted by Gasteiger charge is 2.23. The molecule has 3 heterocycles. The molecular weight excluding hydrogens is 394 g/mol. The largest absolute Gasteiger partial charge is 0.486 e. The number of hydrogen-bond donors (Lipinski definition) is 0. The summed E-state index contributed by atoms with van der Waals surface area (Å²) in [6.07, 6.45) is 5.17. The minimum atomic E-state index is -0.466. The van der Waals surface area contributed by atoms with Crippen LogP contribution in [0.3, 0.4) is 0 Å². The molecule has 3 rings (SSSR count). The maximum atomic E-state index is 6.21. The average molecular weight is 428 g/mol. The molecule has 3 aromatic rings. The van der Waals surface area contributed by atoms with E-state index in [1.54, 1.807) is 23.1 Å². The predicted octanol–water partition coefficient (Wildman–Crippen LogP) is 4.96. The quantitative estimate of drug-likeness (QED) is 0.549. The molecule has 3 aromatic heterocycles. The van der Waals surface area contributed by atoms with Gasteiger partial charge in [0.2, 0.25) is 5.88 Å². The van der Waals surface area contributed by atoms with E-state index in [2.05, 4.69) is 33.9 Å². The molecule has 1 unspecified atom stereocenters. The molecule has 8 heteroatoms. The fraction of sp³-hybridized carbons (Fsp3) is 0.565. The summed E-state index contributed by atoms with van der Waals surface area (Å²) >= 11 is 0. The summed E-state index contributed by atoms with van der Waals surface area (Å²) in [4.78, 5) is 13.3. The van der Waals surface area contributed by atoms with Crippen LogP contribution in [0.15, 0.2) is 24.7 Å². The van der Waals surface area contributed by atoms with Crippen molar-refractivity contribution < 1.29 is 14.2 Å². The fourth-order valence-corrected chi connectivity index (χ4v) is 2.66. The third kappa shape index (κ3) is 5.83. The minimum Gasteiger partial charge on any atom is -0.486 e. The van der Waals surface area contributed by atoms with E-state index < -0.39 is 11.2 Å². The zero-order chi connectivity index (χ0) is 23.0. The van der Waals surface area contributed by atoms with Crippen molar-refractivity contribution in [2.75, 3.05) is 0 Å². The molecule has 0 fully saturated rings. The van der Waals surface area contributed by atoms with Crippen molar-refractivity contribution in [1.82, 2.24) is 24.6 Å². The van der Waals surface area contributed by atoms with Gasteiger partial charge in [-0.15, -0.1) is 0 Å². The third-order valence-electron chi connectivity index (χ3n) is 4.39. The number of fused-ring (bicyclic) bond motifs is 1. The number of nitrogens with zero attached hydrogens (tertiary/aromatic N) is 5. The summed E-state index contributed by atoms with van der Waals surface area (Å²) in [5.41, 5.74) is 1.03. The maximum absolute atomic E-state index is 6.21. The first-order valence-corrected chi connectivity index (χ1v) is 10.6. The van der Waals surface area contributed by atoms with Crippen molar-refractivity contribution in [2.45, 2.75) is 79.6 Å². The van der Waals surface area contributed by atoms with Gasteiger partial charge in [0.1, 0.15) is 16.9 Å². The van der Waals surface area contributed by atoms with Crippen LogP contribution in [0.2, 0.25) is 0 Å². The van der Waals surface area contributed by atoms with Crippen molar-refractivity contribution in [3.8, 4) is 28.9 Å². The molecule has 168 valence electrons. The molecule has 0 bridgehead atoms. The van der Waals surface area contributed by atoms with Gasteiger partial charge in [-0.3, -0.25) is 0 Å². The fourth-order valence-electron chi connectivity index (χ4n) is 2.66. The van der Waals surface area contributed by atoms with Crippen LogP contribution in [0.25, 0.3) is 16.9 Å². The Morgan fingerprint density at radius 2 is 1.61 bits per heavy atom. The molecule has 1 atom stereocenters. The summed E-state index contributed by atoms with van der Waals surface area (Å²) in [6.45, 7) is 18.0. The Morgan fingerprint density at radius 3 is 2.23 bits per heavy atom. The Hall–Kier alpha value is -2.90. The Balaban J connectivity index is 2.12. The third-order valence-corrected chi connectivity index (χ3v) is 4.39. The molecule has 0 saturated heterocycles. The molecular formula is C23H33N5O3. The first kappa shape index (κ1) is 22.8. The van der Waals surface area contributed by atoms with E-state index in [-0.39, 0.29) is 12.1 Å². The molecule has 0 aromatic carbocycles. The zero-order valence-electron chi connectivity index (χ0n) is 19.9. The van der Waals surface area contributed by atoms with E-state index in [0.29, 0.717) is 34.5 Å². The molecule has 31 heavy (non-hydrogen) atoms. The number of ether oxygens (including phenoxy) is 3. The lowest BCUT2D eigenvalue weighted by atomic mass is 10.1. The highest BCUT2D eigenvalue weighted by Crippen LogP contribution is 2.34. The SMILES string of the molecule is CC(C)C(C)Oc1cc(-c2cnc(OC(C)(C)C)nc2OC(C)(C)C)nn2ccnc12. The van der Waals surface area contributed by atoms with Gasteiger partial charge in [-0.1, -0.05) is 13.8 Å². The van der Waals surface area contributed by atoms with Gasteiger partial charge >= 0.3 is 6.01 Å². The Morgan fingerprint density at radius 1 is 0.935 bits per heavy atom. The molecule has 0 amide bonds. The highest BCUT2D eigenvalue weighted by molar-refractivity contribution is 5.68. The lowest BCUT2D eigenvalue weighted by molar-refractivity contribution is 0.103. The van der Waals surface area contributed by atoms with Crippen LogP contribution in [0.4, 0.5) is 0 Å². The Bertz CT molecular complexity index is 1050.